The molecule has 1 aromatic rings. The fourth-order valence-electron chi connectivity index (χ4n) is 2.13. The van der Waals surface area contributed by atoms with Gasteiger partial charge in [-0.2, -0.15) is 0 Å². The molecule has 17 heavy (non-hydrogen) atoms. The molecule has 1 saturated carbocycles. The van der Waals surface area contributed by atoms with Gasteiger partial charge in [-0.15, -0.1) is 0 Å². The number of hydrogen-bond donors (Lipinski definition) is 2. The number of hydrazine groups is 1. The molecule has 0 radical (unpaired) electrons. The van der Waals surface area contributed by atoms with Gasteiger partial charge in [0.15, 0.2) is 0 Å². The van der Waals surface area contributed by atoms with Crippen LogP contribution in [0.5, 0.6) is 0 Å². The minimum absolute atomic E-state index is 0.290. The van der Waals surface area contributed by atoms with E-state index < -0.39 is 0 Å². The molecule has 1 aromatic heterocycles. The van der Waals surface area contributed by atoms with Gasteiger partial charge in [0, 0.05) is 11.8 Å². The van der Waals surface area contributed by atoms with E-state index >= 15 is 0 Å². The predicted octanol–water partition coefficient (Wildman–Crippen LogP) is 1.76. The molecule has 1 heterocycles. The van der Waals surface area contributed by atoms with E-state index in [2.05, 4.69) is 15.4 Å². The van der Waals surface area contributed by atoms with Gasteiger partial charge < -0.3 is 5.43 Å². The molecule has 92 valence electrons. The Morgan fingerprint density at radius 1 is 1.35 bits per heavy atom. The summed E-state index contributed by atoms with van der Waals surface area (Å²) in [6.45, 7) is 0. The van der Waals surface area contributed by atoms with Crippen molar-refractivity contribution in [3.8, 4) is 0 Å². The first kappa shape index (κ1) is 12.0. The van der Waals surface area contributed by atoms with Crippen LogP contribution < -0.4 is 11.3 Å². The highest BCUT2D eigenvalue weighted by molar-refractivity contribution is 5.98. The van der Waals surface area contributed by atoms with Gasteiger partial charge in [-0.3, -0.25) is 9.98 Å². The normalized spacial score (nSPS) is 18.1. The van der Waals surface area contributed by atoms with E-state index in [0.717, 1.165) is 19.0 Å². The van der Waals surface area contributed by atoms with Crippen molar-refractivity contribution in [2.75, 3.05) is 0 Å². The number of nitrogens with one attached hydrogen (secondary N) is 1. The molecule has 0 amide bonds. The molecule has 4 nitrogen and oxygen atoms in total. The summed E-state index contributed by atoms with van der Waals surface area (Å²) < 4.78 is 13.1. The third kappa shape index (κ3) is 3.23. The van der Waals surface area contributed by atoms with Crippen LogP contribution in [0.4, 0.5) is 4.39 Å². The summed E-state index contributed by atoms with van der Waals surface area (Å²) in [7, 11) is 0. The van der Waals surface area contributed by atoms with Gasteiger partial charge in [0.25, 0.3) is 0 Å². The monoisotopic (exact) mass is 236 g/mol. The van der Waals surface area contributed by atoms with Crippen molar-refractivity contribution in [3.63, 3.8) is 0 Å². The zero-order valence-corrected chi connectivity index (χ0v) is 9.69. The molecule has 1 aliphatic rings. The minimum Gasteiger partial charge on any atom is -0.308 e. The highest BCUT2D eigenvalue weighted by Crippen LogP contribution is 2.20. The van der Waals surface area contributed by atoms with Gasteiger partial charge >= 0.3 is 0 Å². The van der Waals surface area contributed by atoms with Crippen LogP contribution in [0, 0.1) is 5.82 Å². The van der Waals surface area contributed by atoms with E-state index in [4.69, 9.17) is 5.84 Å². The van der Waals surface area contributed by atoms with E-state index in [0.29, 0.717) is 11.4 Å². The Morgan fingerprint density at radius 3 is 2.76 bits per heavy atom. The lowest BCUT2D eigenvalue weighted by molar-refractivity contribution is 0.442. The number of pyridine rings is 1. The molecule has 0 saturated heterocycles. The maximum absolute atomic E-state index is 13.1. The lowest BCUT2D eigenvalue weighted by Crippen LogP contribution is -2.33. The van der Waals surface area contributed by atoms with Crippen molar-refractivity contribution in [2.24, 2.45) is 10.8 Å². The Balaban J connectivity index is 2.17. The number of nitrogens with zero attached hydrogens (tertiary/aromatic N) is 2. The number of aromatic nitrogens is 1. The molecule has 1 aliphatic carbocycles. The Bertz CT molecular complexity index is 399. The molecule has 1 fully saturated rings. The molecule has 0 aliphatic heterocycles. The molecule has 0 atom stereocenters. The van der Waals surface area contributed by atoms with Crippen LogP contribution in [0.25, 0.3) is 0 Å². The number of rotatable bonds is 2. The first-order valence-corrected chi connectivity index (χ1v) is 5.95. The summed E-state index contributed by atoms with van der Waals surface area (Å²) in [6, 6.07) is 1.67. The van der Waals surface area contributed by atoms with Crippen LogP contribution in [0.3, 0.4) is 0 Å². The molecule has 0 bridgehead atoms. The van der Waals surface area contributed by atoms with Crippen molar-refractivity contribution >= 4 is 5.84 Å². The highest BCUT2D eigenvalue weighted by Gasteiger charge is 2.14. The van der Waals surface area contributed by atoms with Gasteiger partial charge in [0.05, 0.1) is 12.2 Å². The standard InChI is InChI=1S/C12H17FN4/c13-10-6-9(7-15-8-10)12(17-14)16-11-4-2-1-3-5-11/h6-8,11H,1-5,14H2,(H,16,17). The van der Waals surface area contributed by atoms with Crippen LogP contribution in [-0.2, 0) is 0 Å². The highest BCUT2D eigenvalue weighted by atomic mass is 19.1. The van der Waals surface area contributed by atoms with Crippen LogP contribution in [-0.4, -0.2) is 16.9 Å². The SMILES string of the molecule is NNC(=NC1CCCCC1)c1cncc(F)c1. The first-order valence-electron chi connectivity index (χ1n) is 5.95. The molecule has 5 heteroatoms. The van der Waals surface area contributed by atoms with Crippen LogP contribution in [0.15, 0.2) is 23.5 Å². The number of amidine groups is 1. The number of nitrogens with two attached hydrogens (primary N) is 1. The van der Waals surface area contributed by atoms with Crippen molar-refractivity contribution in [3.05, 3.63) is 29.8 Å². The lowest BCUT2D eigenvalue weighted by Gasteiger charge is -2.19. The van der Waals surface area contributed by atoms with Crippen molar-refractivity contribution in [1.82, 2.24) is 10.4 Å². The minimum atomic E-state index is -0.380. The topological polar surface area (TPSA) is 63.3 Å². The zero-order chi connectivity index (χ0) is 12.1. The average molecular weight is 236 g/mol. The molecule has 0 aromatic carbocycles. The summed E-state index contributed by atoms with van der Waals surface area (Å²) in [4.78, 5) is 8.33. The fourth-order valence-corrected chi connectivity index (χ4v) is 2.13. The molecule has 0 spiro atoms. The second-order valence-corrected chi connectivity index (χ2v) is 4.31. The van der Waals surface area contributed by atoms with E-state index in [1.54, 1.807) is 6.20 Å². The summed E-state index contributed by atoms with van der Waals surface area (Å²) in [5, 5.41) is 0. The van der Waals surface area contributed by atoms with Gasteiger partial charge in [-0.25, -0.2) is 10.2 Å². The summed E-state index contributed by atoms with van der Waals surface area (Å²) >= 11 is 0. The van der Waals surface area contributed by atoms with E-state index in [1.165, 1.54) is 25.3 Å². The molecular formula is C12H17FN4. The second-order valence-electron chi connectivity index (χ2n) is 4.31. The van der Waals surface area contributed by atoms with Crippen LogP contribution >= 0.6 is 0 Å². The van der Waals surface area contributed by atoms with Crippen molar-refractivity contribution in [1.29, 1.82) is 0 Å². The third-order valence-corrected chi connectivity index (χ3v) is 3.00. The van der Waals surface area contributed by atoms with Gasteiger partial charge in [0.1, 0.15) is 11.7 Å². The summed E-state index contributed by atoms with van der Waals surface area (Å²) in [5.41, 5.74) is 3.13. The number of hydrogen-bond acceptors (Lipinski definition) is 3. The first-order chi connectivity index (χ1) is 8.29. The largest absolute Gasteiger partial charge is 0.308 e. The molecule has 3 N–H and O–H groups in total. The quantitative estimate of drug-likeness (QED) is 0.356. The molecule has 2 rings (SSSR count). The number of aliphatic imine (C=N–C) groups is 1. The summed E-state index contributed by atoms with van der Waals surface area (Å²) in [6.07, 6.45) is 8.56. The smallest absolute Gasteiger partial charge is 0.144 e. The maximum Gasteiger partial charge on any atom is 0.144 e. The maximum atomic E-state index is 13.1. The van der Waals surface area contributed by atoms with E-state index in [-0.39, 0.29) is 11.9 Å². The Hall–Kier alpha value is -1.49. The Labute approximate surface area is 100 Å². The van der Waals surface area contributed by atoms with Crippen LogP contribution in [0.1, 0.15) is 37.7 Å². The van der Waals surface area contributed by atoms with Gasteiger partial charge in [-0.1, -0.05) is 19.3 Å². The average Bonchev–Trinajstić information content (AvgIpc) is 2.37. The fraction of sp³-hybridized carbons (Fsp3) is 0.500. The van der Waals surface area contributed by atoms with Crippen LogP contribution in [0.2, 0.25) is 0 Å². The summed E-state index contributed by atoms with van der Waals surface area (Å²) in [5.74, 6) is 5.58. The second kappa shape index (κ2) is 5.72. The Morgan fingerprint density at radius 2 is 2.12 bits per heavy atom. The van der Waals surface area contributed by atoms with Crippen molar-refractivity contribution < 1.29 is 4.39 Å². The number of halogens is 1. The van der Waals surface area contributed by atoms with E-state index in [9.17, 15) is 4.39 Å². The van der Waals surface area contributed by atoms with Gasteiger partial charge in [-0.05, 0) is 18.9 Å². The van der Waals surface area contributed by atoms with Crippen molar-refractivity contribution in [2.45, 2.75) is 38.1 Å². The van der Waals surface area contributed by atoms with Gasteiger partial charge in [0.2, 0.25) is 0 Å². The predicted molar refractivity (Wildman–Crippen MR) is 64.9 cm³/mol. The molecule has 0 unspecified atom stereocenters. The zero-order valence-electron chi connectivity index (χ0n) is 9.69. The lowest BCUT2D eigenvalue weighted by atomic mass is 9.96. The third-order valence-electron chi connectivity index (χ3n) is 3.00. The van der Waals surface area contributed by atoms with E-state index in [1.807, 2.05) is 0 Å². The molecular weight excluding hydrogens is 219 g/mol. The Kier molecular flexibility index (Phi) is 4.03.